The smallest absolute Gasteiger partial charge is 0.336 e. The Kier molecular flexibility index (Phi) is 4.14. The zero-order valence-electron chi connectivity index (χ0n) is 17.3. The summed E-state index contributed by atoms with van der Waals surface area (Å²) in [6.07, 6.45) is 9.75. The number of allylic oxidation sites excluding steroid dienone is 1. The van der Waals surface area contributed by atoms with Crippen LogP contribution < -0.4 is 0 Å². The van der Waals surface area contributed by atoms with Crippen LogP contribution in [0.2, 0.25) is 0 Å². The fraction of sp³-hybridized carbons (Fsp3) is 0.727. The highest BCUT2D eigenvalue weighted by atomic mass is 32.2. The molecule has 3 fully saturated rings. The van der Waals surface area contributed by atoms with Gasteiger partial charge in [0.15, 0.2) is 5.60 Å². The normalized spacial score (nSPS) is 45.6. The molecule has 7 unspecified atom stereocenters. The van der Waals surface area contributed by atoms with Crippen LogP contribution in [0.3, 0.4) is 0 Å². The van der Waals surface area contributed by atoms with Crippen LogP contribution in [0.25, 0.3) is 6.08 Å². The number of aliphatic hydroxyl groups is 2. The van der Waals surface area contributed by atoms with Crippen molar-refractivity contribution in [3.05, 3.63) is 23.0 Å². The zero-order valence-corrected chi connectivity index (χ0v) is 18.1. The van der Waals surface area contributed by atoms with E-state index < -0.39 is 23.1 Å². The Morgan fingerprint density at radius 1 is 1.34 bits per heavy atom. The highest BCUT2D eigenvalue weighted by Crippen LogP contribution is 2.67. The maximum atomic E-state index is 12.0. The van der Waals surface area contributed by atoms with Gasteiger partial charge in [0.25, 0.3) is 0 Å². The number of carbonyl (C=O) groups is 1. The van der Waals surface area contributed by atoms with Gasteiger partial charge in [-0.3, -0.25) is 0 Å². The van der Waals surface area contributed by atoms with Gasteiger partial charge in [-0.2, -0.15) is 5.10 Å². The fourth-order valence-corrected chi connectivity index (χ4v) is 8.17. The van der Waals surface area contributed by atoms with Crippen LogP contribution in [0.1, 0.15) is 57.2 Å². The molecule has 4 aliphatic carbocycles. The topological polar surface area (TPSA) is 95.6 Å². The van der Waals surface area contributed by atoms with Gasteiger partial charge >= 0.3 is 5.97 Å². The first-order chi connectivity index (χ1) is 13.7. The van der Waals surface area contributed by atoms with Gasteiger partial charge in [0, 0.05) is 11.7 Å². The summed E-state index contributed by atoms with van der Waals surface area (Å²) >= 11 is 1.59. The molecule has 0 aromatic carbocycles. The van der Waals surface area contributed by atoms with Gasteiger partial charge in [-0.05, 0) is 85.3 Å². The van der Waals surface area contributed by atoms with E-state index in [0.717, 1.165) is 25.7 Å². The van der Waals surface area contributed by atoms with E-state index >= 15 is 0 Å². The lowest BCUT2D eigenvalue weighted by atomic mass is 9.45. The number of aliphatic carboxylic acids is 1. The monoisotopic (exact) mass is 418 g/mol. The molecule has 0 saturated heterocycles. The Bertz CT molecular complexity index is 913. The third-order valence-electron chi connectivity index (χ3n) is 9.07. The molecule has 0 bridgehead atoms. The van der Waals surface area contributed by atoms with Crippen molar-refractivity contribution in [1.82, 2.24) is 9.19 Å². The maximum absolute atomic E-state index is 12.0. The average Bonchev–Trinajstić information content (AvgIpc) is 3.17. The molecule has 5 rings (SSSR count). The summed E-state index contributed by atoms with van der Waals surface area (Å²) < 4.78 is 1.96. The van der Waals surface area contributed by atoms with Crippen LogP contribution in [-0.2, 0) is 11.2 Å². The van der Waals surface area contributed by atoms with Crippen molar-refractivity contribution in [3.8, 4) is 0 Å². The average molecular weight is 419 g/mol. The molecule has 0 spiro atoms. The van der Waals surface area contributed by atoms with E-state index in [0.29, 0.717) is 6.42 Å². The molecule has 7 atom stereocenters. The minimum absolute atomic E-state index is 0.0856. The third-order valence-corrected chi connectivity index (χ3v) is 9.71. The van der Waals surface area contributed by atoms with Gasteiger partial charge in [0.1, 0.15) is 0 Å². The maximum Gasteiger partial charge on any atom is 0.336 e. The standard InChI is InChI=1S/C22H30N2O4S/c1-20-9-12-11-23-24(29-3)16(12)8-13(20)4-5-14-15-6-7-22(28,19(26)27)21(15,2)10-17(25)18(14)20/h8,11,14-15,17-18,25,28H,4-7,9-10H2,1-3H3,(H,26,27). The lowest BCUT2D eigenvalue weighted by Gasteiger charge is -2.60. The molecule has 7 heteroatoms. The molecular weight excluding hydrogens is 388 g/mol. The molecule has 29 heavy (non-hydrogen) atoms. The largest absolute Gasteiger partial charge is 0.479 e. The minimum atomic E-state index is -1.74. The molecule has 0 amide bonds. The Balaban J connectivity index is 1.55. The zero-order chi connectivity index (χ0) is 20.8. The third kappa shape index (κ3) is 2.32. The van der Waals surface area contributed by atoms with Gasteiger partial charge in [0.2, 0.25) is 0 Å². The van der Waals surface area contributed by atoms with E-state index in [2.05, 4.69) is 18.1 Å². The summed E-state index contributed by atoms with van der Waals surface area (Å²) in [5.74, 6) is -0.688. The number of rotatable bonds is 2. The van der Waals surface area contributed by atoms with Crippen molar-refractivity contribution in [2.75, 3.05) is 6.26 Å². The Morgan fingerprint density at radius 2 is 2.10 bits per heavy atom. The van der Waals surface area contributed by atoms with Gasteiger partial charge in [-0.25, -0.2) is 8.88 Å². The van der Waals surface area contributed by atoms with Gasteiger partial charge < -0.3 is 15.3 Å². The molecule has 6 nitrogen and oxygen atoms in total. The summed E-state index contributed by atoms with van der Waals surface area (Å²) in [7, 11) is 0. The highest BCUT2D eigenvalue weighted by molar-refractivity contribution is 7.97. The number of carboxylic acid groups (broad SMARTS) is 1. The number of nitrogens with zero attached hydrogens (tertiary/aromatic N) is 2. The van der Waals surface area contributed by atoms with E-state index in [9.17, 15) is 20.1 Å². The van der Waals surface area contributed by atoms with Crippen LogP contribution in [0.15, 0.2) is 11.8 Å². The van der Waals surface area contributed by atoms with Crippen LogP contribution in [0.5, 0.6) is 0 Å². The Hall–Kier alpha value is -1.31. The molecule has 1 aromatic rings. The van der Waals surface area contributed by atoms with E-state index in [1.165, 1.54) is 16.8 Å². The van der Waals surface area contributed by atoms with E-state index in [4.69, 9.17) is 0 Å². The predicted molar refractivity (Wildman–Crippen MR) is 111 cm³/mol. The van der Waals surface area contributed by atoms with Crippen molar-refractivity contribution in [2.45, 2.75) is 64.1 Å². The molecule has 158 valence electrons. The van der Waals surface area contributed by atoms with Crippen molar-refractivity contribution in [3.63, 3.8) is 0 Å². The number of carboxylic acids is 1. The van der Waals surface area contributed by atoms with Crippen molar-refractivity contribution < 1.29 is 20.1 Å². The number of hydrogen-bond donors (Lipinski definition) is 3. The predicted octanol–water partition coefficient (Wildman–Crippen LogP) is 2.98. The summed E-state index contributed by atoms with van der Waals surface area (Å²) in [6, 6.07) is 0. The van der Waals surface area contributed by atoms with Crippen molar-refractivity contribution >= 4 is 24.0 Å². The fourth-order valence-electron chi connectivity index (χ4n) is 7.66. The van der Waals surface area contributed by atoms with Gasteiger partial charge in [-0.1, -0.05) is 19.4 Å². The molecule has 1 heterocycles. The van der Waals surface area contributed by atoms with E-state index in [-0.39, 0.29) is 29.6 Å². The molecule has 4 aliphatic rings. The molecule has 3 saturated carbocycles. The molecule has 0 aliphatic heterocycles. The van der Waals surface area contributed by atoms with Crippen LogP contribution in [0, 0.1) is 28.6 Å². The first-order valence-electron chi connectivity index (χ1n) is 10.6. The van der Waals surface area contributed by atoms with Crippen LogP contribution in [0.4, 0.5) is 0 Å². The minimum Gasteiger partial charge on any atom is -0.479 e. The number of fused-ring (bicyclic) bond motifs is 6. The quantitative estimate of drug-likeness (QED) is 0.683. The number of aliphatic hydroxyl groups excluding tert-OH is 1. The first-order valence-corrected chi connectivity index (χ1v) is 11.8. The number of aromatic nitrogens is 2. The lowest BCUT2D eigenvalue weighted by molar-refractivity contribution is -0.193. The summed E-state index contributed by atoms with van der Waals surface area (Å²) in [4.78, 5) is 12.0. The molecule has 0 radical (unpaired) electrons. The van der Waals surface area contributed by atoms with E-state index in [1.807, 2.05) is 23.5 Å². The molecule has 1 aromatic heterocycles. The molecule has 3 N–H and O–H groups in total. The SMILES string of the molecule is CSn1ncc2c1C=C1CCC3C(C(O)CC4(C)C3CCC4(O)C(=O)O)C1(C)C2. The molecular formula is C22H30N2O4S. The van der Waals surface area contributed by atoms with Crippen molar-refractivity contribution in [1.29, 1.82) is 0 Å². The summed E-state index contributed by atoms with van der Waals surface area (Å²) in [6.45, 7) is 4.17. The number of hydrogen-bond acceptors (Lipinski definition) is 5. The Morgan fingerprint density at radius 3 is 2.79 bits per heavy atom. The lowest BCUT2D eigenvalue weighted by Crippen LogP contribution is -2.61. The second-order valence-corrected chi connectivity index (χ2v) is 10.8. The first kappa shape index (κ1) is 19.6. The summed E-state index contributed by atoms with van der Waals surface area (Å²) in [5.41, 5.74) is 1.11. The van der Waals surface area contributed by atoms with Crippen LogP contribution >= 0.6 is 11.9 Å². The van der Waals surface area contributed by atoms with E-state index in [1.54, 1.807) is 11.9 Å². The van der Waals surface area contributed by atoms with Gasteiger partial charge in [-0.15, -0.1) is 0 Å². The second kappa shape index (κ2) is 6.11. The van der Waals surface area contributed by atoms with Crippen molar-refractivity contribution in [2.24, 2.45) is 28.6 Å². The van der Waals surface area contributed by atoms with Crippen LogP contribution in [-0.4, -0.2) is 48.4 Å². The highest BCUT2D eigenvalue weighted by Gasteiger charge is 2.68. The summed E-state index contributed by atoms with van der Waals surface area (Å²) in [5, 5.41) is 36.7. The van der Waals surface area contributed by atoms with Gasteiger partial charge in [0.05, 0.1) is 18.0 Å². The Labute approximate surface area is 175 Å². The second-order valence-electron chi connectivity index (χ2n) is 10.1.